The SMILES string of the molecule is O=C1NCCn2c(-c3ccc(Oc4ccc(Cl)c(Cl)c4)cc3)nc3cccc1c32. The molecular weight excluding hydrogens is 409 g/mol. The van der Waals surface area contributed by atoms with Gasteiger partial charge in [0.25, 0.3) is 5.91 Å². The molecule has 0 saturated heterocycles. The second kappa shape index (κ2) is 7.10. The first-order valence-corrected chi connectivity index (χ1v) is 9.86. The van der Waals surface area contributed by atoms with Gasteiger partial charge in [0.1, 0.15) is 17.3 Å². The van der Waals surface area contributed by atoms with E-state index in [-0.39, 0.29) is 5.91 Å². The van der Waals surface area contributed by atoms with Crippen molar-refractivity contribution in [2.24, 2.45) is 0 Å². The maximum atomic E-state index is 12.3. The second-order valence-corrected chi connectivity index (χ2v) is 7.53. The van der Waals surface area contributed by atoms with Crippen molar-refractivity contribution in [3.05, 3.63) is 76.3 Å². The van der Waals surface area contributed by atoms with Crippen LogP contribution in [0.25, 0.3) is 22.4 Å². The summed E-state index contributed by atoms with van der Waals surface area (Å²) in [5.41, 5.74) is 3.28. The van der Waals surface area contributed by atoms with E-state index in [4.69, 9.17) is 32.9 Å². The molecule has 7 heteroatoms. The molecule has 0 spiro atoms. The zero-order valence-corrected chi connectivity index (χ0v) is 16.7. The van der Waals surface area contributed by atoms with Gasteiger partial charge >= 0.3 is 0 Å². The number of hydrogen-bond acceptors (Lipinski definition) is 3. The lowest BCUT2D eigenvalue weighted by Crippen LogP contribution is -2.24. The molecule has 1 N–H and O–H groups in total. The minimum absolute atomic E-state index is 0.0637. The first-order valence-electron chi connectivity index (χ1n) is 9.11. The molecule has 5 rings (SSSR count). The Labute approximate surface area is 176 Å². The fraction of sp³-hybridized carbons (Fsp3) is 0.0909. The maximum Gasteiger partial charge on any atom is 0.253 e. The van der Waals surface area contributed by atoms with Crippen molar-refractivity contribution >= 4 is 40.1 Å². The lowest BCUT2D eigenvalue weighted by atomic mass is 10.1. The van der Waals surface area contributed by atoms with Crippen LogP contribution in [-0.4, -0.2) is 22.0 Å². The highest BCUT2D eigenvalue weighted by atomic mass is 35.5. The molecule has 0 unspecified atom stereocenters. The van der Waals surface area contributed by atoms with Crippen LogP contribution < -0.4 is 10.1 Å². The molecule has 0 atom stereocenters. The monoisotopic (exact) mass is 423 g/mol. The molecule has 0 aliphatic carbocycles. The summed E-state index contributed by atoms with van der Waals surface area (Å²) in [6.07, 6.45) is 0. The van der Waals surface area contributed by atoms with E-state index in [1.807, 2.05) is 42.5 Å². The van der Waals surface area contributed by atoms with Crippen molar-refractivity contribution in [1.82, 2.24) is 14.9 Å². The number of nitrogens with zero attached hydrogens (tertiary/aromatic N) is 2. The van der Waals surface area contributed by atoms with Crippen molar-refractivity contribution in [1.29, 1.82) is 0 Å². The van der Waals surface area contributed by atoms with E-state index in [1.54, 1.807) is 18.2 Å². The minimum Gasteiger partial charge on any atom is -0.457 e. The lowest BCUT2D eigenvalue weighted by molar-refractivity contribution is 0.0956. The van der Waals surface area contributed by atoms with Crippen LogP contribution in [0.4, 0.5) is 0 Å². The van der Waals surface area contributed by atoms with E-state index in [9.17, 15) is 4.79 Å². The minimum atomic E-state index is -0.0637. The molecule has 1 amide bonds. The molecule has 144 valence electrons. The first-order chi connectivity index (χ1) is 14.1. The molecule has 2 heterocycles. The van der Waals surface area contributed by atoms with Crippen LogP contribution in [0.15, 0.2) is 60.7 Å². The van der Waals surface area contributed by atoms with E-state index in [1.165, 1.54) is 0 Å². The summed E-state index contributed by atoms with van der Waals surface area (Å²) in [7, 11) is 0. The summed E-state index contributed by atoms with van der Waals surface area (Å²) < 4.78 is 7.95. The van der Waals surface area contributed by atoms with Gasteiger partial charge in [-0.2, -0.15) is 0 Å². The van der Waals surface area contributed by atoms with Gasteiger partial charge in [0, 0.05) is 24.7 Å². The normalized spacial score (nSPS) is 13.2. The topological polar surface area (TPSA) is 56.2 Å². The van der Waals surface area contributed by atoms with Crippen molar-refractivity contribution in [2.75, 3.05) is 6.54 Å². The number of nitrogens with one attached hydrogen (secondary N) is 1. The fourth-order valence-electron chi connectivity index (χ4n) is 3.53. The molecule has 5 nitrogen and oxygen atoms in total. The van der Waals surface area contributed by atoms with E-state index in [0.717, 1.165) is 22.4 Å². The van der Waals surface area contributed by atoms with Crippen LogP contribution in [0.1, 0.15) is 10.4 Å². The van der Waals surface area contributed by atoms with Gasteiger partial charge in [-0.25, -0.2) is 4.98 Å². The number of aromatic nitrogens is 2. The maximum absolute atomic E-state index is 12.3. The van der Waals surface area contributed by atoms with Crippen molar-refractivity contribution in [3.8, 4) is 22.9 Å². The van der Waals surface area contributed by atoms with Crippen LogP contribution in [0, 0.1) is 0 Å². The predicted molar refractivity (Wildman–Crippen MR) is 114 cm³/mol. The molecular formula is C22H15Cl2N3O2. The third-order valence-corrected chi connectivity index (χ3v) is 5.61. The van der Waals surface area contributed by atoms with E-state index in [0.29, 0.717) is 40.2 Å². The molecule has 0 bridgehead atoms. The zero-order chi connectivity index (χ0) is 20.0. The molecule has 3 aromatic carbocycles. The van der Waals surface area contributed by atoms with E-state index < -0.39 is 0 Å². The number of carbonyl (C=O) groups is 1. The number of carbonyl (C=O) groups excluding carboxylic acids is 1. The first kappa shape index (κ1) is 18.0. The van der Waals surface area contributed by atoms with Crippen LogP contribution in [0.3, 0.4) is 0 Å². The number of benzene rings is 3. The Balaban J connectivity index is 1.51. The van der Waals surface area contributed by atoms with E-state index in [2.05, 4.69) is 9.88 Å². The number of imidazole rings is 1. The number of rotatable bonds is 3. The van der Waals surface area contributed by atoms with Gasteiger partial charge in [-0.3, -0.25) is 4.79 Å². The van der Waals surface area contributed by atoms with Gasteiger partial charge in [-0.15, -0.1) is 0 Å². The van der Waals surface area contributed by atoms with Gasteiger partial charge in [-0.05, 0) is 48.5 Å². The van der Waals surface area contributed by atoms with Crippen molar-refractivity contribution in [3.63, 3.8) is 0 Å². The Morgan fingerprint density at radius 1 is 0.966 bits per heavy atom. The van der Waals surface area contributed by atoms with Gasteiger partial charge < -0.3 is 14.6 Å². The number of para-hydroxylation sites is 1. The largest absolute Gasteiger partial charge is 0.457 e. The zero-order valence-electron chi connectivity index (χ0n) is 15.2. The van der Waals surface area contributed by atoms with Gasteiger partial charge in [0.2, 0.25) is 0 Å². The molecule has 0 saturated carbocycles. The van der Waals surface area contributed by atoms with E-state index >= 15 is 0 Å². The Morgan fingerprint density at radius 2 is 1.76 bits per heavy atom. The molecule has 0 radical (unpaired) electrons. The summed E-state index contributed by atoms with van der Waals surface area (Å²) in [6, 6.07) is 18.4. The van der Waals surface area contributed by atoms with Gasteiger partial charge in [-0.1, -0.05) is 29.3 Å². The van der Waals surface area contributed by atoms with Crippen molar-refractivity contribution in [2.45, 2.75) is 6.54 Å². The average Bonchev–Trinajstić information content (AvgIpc) is 3.01. The Hall–Kier alpha value is -3.02. The molecule has 29 heavy (non-hydrogen) atoms. The number of halogens is 2. The lowest BCUT2D eigenvalue weighted by Gasteiger charge is -2.09. The highest BCUT2D eigenvalue weighted by Gasteiger charge is 2.21. The smallest absolute Gasteiger partial charge is 0.253 e. The summed E-state index contributed by atoms with van der Waals surface area (Å²) in [4.78, 5) is 17.1. The number of amides is 1. The van der Waals surface area contributed by atoms with Crippen LogP contribution >= 0.6 is 23.2 Å². The fourth-order valence-corrected chi connectivity index (χ4v) is 3.82. The Morgan fingerprint density at radius 3 is 2.55 bits per heavy atom. The average molecular weight is 424 g/mol. The Kier molecular flexibility index (Phi) is 4.42. The molecule has 1 aliphatic rings. The second-order valence-electron chi connectivity index (χ2n) is 6.72. The van der Waals surface area contributed by atoms with Crippen LogP contribution in [0.5, 0.6) is 11.5 Å². The third-order valence-electron chi connectivity index (χ3n) is 4.87. The molecule has 0 fully saturated rings. The molecule has 1 aromatic heterocycles. The Bertz CT molecular complexity index is 1250. The molecule has 1 aliphatic heterocycles. The summed E-state index contributed by atoms with van der Waals surface area (Å²) in [5, 5.41) is 3.86. The summed E-state index contributed by atoms with van der Waals surface area (Å²) >= 11 is 12.0. The van der Waals surface area contributed by atoms with Crippen LogP contribution in [0.2, 0.25) is 10.0 Å². The third kappa shape index (κ3) is 3.22. The molecule has 4 aromatic rings. The highest BCUT2D eigenvalue weighted by molar-refractivity contribution is 6.42. The predicted octanol–water partition coefficient (Wildman–Crippen LogP) is 5.55. The van der Waals surface area contributed by atoms with Crippen LogP contribution in [-0.2, 0) is 6.54 Å². The highest BCUT2D eigenvalue weighted by Crippen LogP contribution is 2.32. The standard InChI is InChI=1S/C22H15Cl2N3O2/c23-17-9-8-15(12-18(17)24)29-14-6-4-13(5-7-14)21-26-19-3-1-2-16-20(19)27(21)11-10-25-22(16)28/h1-9,12H,10-11H2,(H,25,28). The quantitative estimate of drug-likeness (QED) is 0.470. The van der Waals surface area contributed by atoms with Gasteiger partial charge in [0.05, 0.1) is 26.6 Å². The number of ether oxygens (including phenoxy) is 1. The summed E-state index contributed by atoms with van der Waals surface area (Å²) in [6.45, 7) is 1.22. The summed E-state index contributed by atoms with van der Waals surface area (Å²) in [5.74, 6) is 2.05. The van der Waals surface area contributed by atoms with Crippen molar-refractivity contribution < 1.29 is 9.53 Å². The number of hydrogen-bond donors (Lipinski definition) is 1. The van der Waals surface area contributed by atoms with Gasteiger partial charge in [0.15, 0.2) is 0 Å².